The molecular weight excluding hydrogens is 392 g/mol. The predicted molar refractivity (Wildman–Crippen MR) is 108 cm³/mol. The number of aliphatic hydroxyl groups is 1. The molecule has 3 aromatic rings. The molecule has 0 saturated carbocycles. The maximum Gasteiger partial charge on any atom is 0.245 e. The second-order valence-electron chi connectivity index (χ2n) is 7.42. The average molecular weight is 413 g/mol. The average Bonchev–Trinajstić information content (AvgIpc) is 3.26. The van der Waals surface area contributed by atoms with Gasteiger partial charge in [0.25, 0.3) is 0 Å². The molecule has 6 nitrogen and oxygen atoms in total. The van der Waals surface area contributed by atoms with E-state index in [-0.39, 0.29) is 24.9 Å². The molecule has 1 aromatic heterocycles. The molecule has 2 aromatic carbocycles. The van der Waals surface area contributed by atoms with Crippen LogP contribution in [0.4, 0.5) is 8.78 Å². The van der Waals surface area contributed by atoms with Gasteiger partial charge in [0.1, 0.15) is 12.1 Å². The Balaban J connectivity index is 1.66. The number of nitrogens with one attached hydrogen (secondary N) is 3. The summed E-state index contributed by atoms with van der Waals surface area (Å²) in [5, 5.41) is 15.3. The predicted octanol–water partition coefficient (Wildman–Crippen LogP) is 2.33. The lowest BCUT2D eigenvalue weighted by Crippen LogP contribution is -2.45. The highest BCUT2D eigenvalue weighted by atomic mass is 19.2. The lowest BCUT2D eigenvalue weighted by atomic mass is 9.99. The van der Waals surface area contributed by atoms with Gasteiger partial charge >= 0.3 is 0 Å². The van der Waals surface area contributed by atoms with Crippen molar-refractivity contribution in [1.82, 2.24) is 15.6 Å². The van der Waals surface area contributed by atoms with Gasteiger partial charge in [-0.2, -0.15) is 0 Å². The first kappa shape index (κ1) is 20.0. The quantitative estimate of drug-likeness (QED) is 0.517. The van der Waals surface area contributed by atoms with Gasteiger partial charge in [0.15, 0.2) is 11.6 Å². The maximum absolute atomic E-state index is 14.1. The van der Waals surface area contributed by atoms with Gasteiger partial charge in [-0.3, -0.25) is 9.59 Å². The number of aryl methyl sites for hydroxylation is 2. The van der Waals surface area contributed by atoms with Crippen LogP contribution in [0.1, 0.15) is 17.5 Å². The minimum absolute atomic E-state index is 0.0152. The Hall–Kier alpha value is -3.26. The van der Waals surface area contributed by atoms with E-state index < -0.39 is 35.6 Å². The molecule has 156 valence electrons. The Bertz CT molecular complexity index is 1130. The van der Waals surface area contributed by atoms with E-state index in [1.54, 1.807) is 0 Å². The van der Waals surface area contributed by atoms with Gasteiger partial charge in [-0.1, -0.05) is 30.3 Å². The van der Waals surface area contributed by atoms with Crippen LogP contribution in [-0.2, 0) is 16.0 Å². The molecule has 0 radical (unpaired) electrons. The topological polar surface area (TPSA) is 94.2 Å². The molecule has 1 fully saturated rings. The summed E-state index contributed by atoms with van der Waals surface area (Å²) < 4.78 is 28.2. The number of β-amino-alcohol motifs (C(OH)–C–C–N with tert-alkyl or cyclic N) is 1. The zero-order chi connectivity index (χ0) is 21.4. The first-order valence-corrected chi connectivity index (χ1v) is 9.66. The van der Waals surface area contributed by atoms with E-state index in [0.29, 0.717) is 22.2 Å². The van der Waals surface area contributed by atoms with Gasteiger partial charge in [0.05, 0.1) is 5.52 Å². The Kier molecular flexibility index (Phi) is 5.26. The van der Waals surface area contributed by atoms with E-state index in [1.165, 1.54) is 6.92 Å². The van der Waals surface area contributed by atoms with Crippen molar-refractivity contribution < 1.29 is 23.5 Å². The number of amides is 2. The van der Waals surface area contributed by atoms with Crippen molar-refractivity contribution in [2.24, 2.45) is 0 Å². The van der Waals surface area contributed by atoms with Gasteiger partial charge in [-0.25, -0.2) is 8.78 Å². The first-order valence-electron chi connectivity index (χ1n) is 9.66. The van der Waals surface area contributed by atoms with E-state index in [0.717, 1.165) is 11.6 Å². The van der Waals surface area contributed by atoms with Crippen LogP contribution in [0.15, 0.2) is 36.4 Å². The van der Waals surface area contributed by atoms with Crippen molar-refractivity contribution >= 4 is 22.7 Å². The summed E-state index contributed by atoms with van der Waals surface area (Å²) in [6.07, 6.45) is -0.721. The number of rotatable bonds is 5. The van der Waals surface area contributed by atoms with Gasteiger partial charge in [-0.15, -0.1) is 0 Å². The molecule has 2 atom stereocenters. The fourth-order valence-electron chi connectivity index (χ4n) is 3.85. The zero-order valence-electron chi connectivity index (χ0n) is 16.3. The van der Waals surface area contributed by atoms with E-state index in [9.17, 15) is 23.5 Å². The number of benzene rings is 2. The highest BCUT2D eigenvalue weighted by molar-refractivity contribution is 5.94. The summed E-state index contributed by atoms with van der Waals surface area (Å²) in [5.74, 6) is -2.70. The van der Waals surface area contributed by atoms with Gasteiger partial charge in [0.2, 0.25) is 11.8 Å². The molecule has 1 aliphatic heterocycles. The number of halogens is 2. The van der Waals surface area contributed by atoms with Gasteiger partial charge < -0.3 is 20.7 Å². The fraction of sp³-hybridized carbons (Fsp3) is 0.273. The van der Waals surface area contributed by atoms with E-state index in [2.05, 4.69) is 15.6 Å². The van der Waals surface area contributed by atoms with Crippen molar-refractivity contribution in [3.63, 3.8) is 0 Å². The molecule has 1 saturated heterocycles. The zero-order valence-corrected chi connectivity index (χ0v) is 16.3. The first-order chi connectivity index (χ1) is 14.4. The van der Waals surface area contributed by atoms with Gasteiger partial charge in [-0.05, 0) is 30.5 Å². The largest absolute Gasteiger partial charge is 0.389 e. The highest BCUT2D eigenvalue weighted by Gasteiger charge is 2.34. The molecule has 8 heteroatoms. The van der Waals surface area contributed by atoms with Crippen LogP contribution in [0.5, 0.6) is 0 Å². The molecule has 0 aliphatic carbocycles. The summed E-state index contributed by atoms with van der Waals surface area (Å²) in [6.45, 7) is 1.59. The van der Waals surface area contributed by atoms with Crippen LogP contribution in [0.25, 0.3) is 22.2 Å². The Morgan fingerprint density at radius 2 is 2.00 bits per heavy atom. The molecule has 4 rings (SSSR count). The van der Waals surface area contributed by atoms with Crippen LogP contribution >= 0.6 is 0 Å². The normalized spacial score (nSPS) is 18.6. The molecule has 30 heavy (non-hydrogen) atoms. The number of hydrogen-bond donors (Lipinski definition) is 4. The summed E-state index contributed by atoms with van der Waals surface area (Å²) in [7, 11) is 0. The maximum atomic E-state index is 14.1. The van der Waals surface area contributed by atoms with Crippen LogP contribution in [0.2, 0.25) is 0 Å². The lowest BCUT2D eigenvalue weighted by Gasteiger charge is -2.14. The number of fused-ring (bicyclic) bond motifs is 1. The molecule has 2 heterocycles. The highest BCUT2D eigenvalue weighted by Crippen LogP contribution is 2.34. The van der Waals surface area contributed by atoms with Crippen molar-refractivity contribution in [3.05, 3.63) is 59.2 Å². The number of aliphatic hydroxyl groups excluding tert-OH is 1. The minimum atomic E-state index is -0.983. The minimum Gasteiger partial charge on any atom is -0.389 e. The van der Waals surface area contributed by atoms with Gasteiger partial charge in [0, 0.05) is 29.6 Å². The fourth-order valence-corrected chi connectivity index (χ4v) is 3.85. The van der Waals surface area contributed by atoms with Crippen molar-refractivity contribution in [2.75, 3.05) is 6.54 Å². The molecule has 1 aliphatic rings. The third-order valence-electron chi connectivity index (χ3n) is 5.46. The SMILES string of the molecule is Cc1c(F)c(F)cc2c(CCC(=O)N[C@@H]3C(=O)NC[C@H]3O)c(-c3ccccc3)[nH]c12. The van der Waals surface area contributed by atoms with Crippen molar-refractivity contribution in [3.8, 4) is 11.3 Å². The number of aromatic amines is 1. The number of carbonyl (C=O) groups is 2. The van der Waals surface area contributed by atoms with E-state index in [4.69, 9.17) is 0 Å². The summed E-state index contributed by atoms with van der Waals surface area (Å²) in [6, 6.07) is 9.47. The molecule has 0 unspecified atom stereocenters. The molecule has 2 amide bonds. The smallest absolute Gasteiger partial charge is 0.245 e. The summed E-state index contributed by atoms with van der Waals surface area (Å²) >= 11 is 0. The molecule has 4 N–H and O–H groups in total. The number of carbonyl (C=O) groups excluding carboxylic acids is 2. The number of H-pyrrole nitrogens is 1. The van der Waals surface area contributed by atoms with Crippen molar-refractivity contribution in [1.29, 1.82) is 0 Å². The molecular formula is C22H21F2N3O3. The van der Waals surface area contributed by atoms with Crippen LogP contribution in [-0.4, -0.2) is 40.6 Å². The summed E-state index contributed by atoms with van der Waals surface area (Å²) in [4.78, 5) is 27.3. The number of hydrogen-bond acceptors (Lipinski definition) is 3. The Morgan fingerprint density at radius 1 is 1.27 bits per heavy atom. The molecule has 0 spiro atoms. The lowest BCUT2D eigenvalue weighted by molar-refractivity contribution is -0.128. The van der Waals surface area contributed by atoms with Crippen LogP contribution in [0.3, 0.4) is 0 Å². The van der Waals surface area contributed by atoms with Crippen LogP contribution in [0, 0.1) is 18.6 Å². The standard InChI is InChI=1S/C22H21F2N3O3/c1-11-18(24)15(23)9-14-13(20(27-19(11)14)12-5-3-2-4-6-12)7-8-17(29)26-21-16(28)10-25-22(21)30/h2-6,9,16,21,27-28H,7-8,10H2,1H3,(H,25,30)(H,26,29)/t16-,21+/m1/s1. The van der Waals surface area contributed by atoms with Crippen LogP contribution < -0.4 is 10.6 Å². The second kappa shape index (κ2) is 7.87. The Labute approximate surface area is 171 Å². The third-order valence-corrected chi connectivity index (χ3v) is 5.46. The van der Waals surface area contributed by atoms with Crippen molar-refractivity contribution in [2.45, 2.75) is 31.9 Å². The summed E-state index contributed by atoms with van der Waals surface area (Å²) in [5.41, 5.74) is 2.85. The monoisotopic (exact) mass is 413 g/mol. The third kappa shape index (κ3) is 3.54. The van der Waals surface area contributed by atoms with E-state index >= 15 is 0 Å². The molecule has 0 bridgehead atoms. The Morgan fingerprint density at radius 3 is 2.67 bits per heavy atom. The van der Waals surface area contributed by atoms with E-state index in [1.807, 2.05) is 30.3 Å². The second-order valence-corrected chi connectivity index (χ2v) is 7.42. The number of aromatic nitrogens is 1.